The smallest absolute Gasteiger partial charge is 0.244 e. The molecule has 2 aromatic carbocycles. The molecule has 0 saturated heterocycles. The zero-order valence-corrected chi connectivity index (χ0v) is 22.1. The van der Waals surface area contributed by atoms with Gasteiger partial charge in [-0.15, -0.1) is 0 Å². The maximum atomic E-state index is 13.6. The van der Waals surface area contributed by atoms with Gasteiger partial charge in [0.25, 0.3) is 0 Å². The molecule has 0 spiro atoms. The Hall–Kier alpha value is -2.39. The second-order valence-corrected chi connectivity index (χ2v) is 11.2. The molecule has 2 amide bonds. The topological polar surface area (TPSA) is 86.8 Å². The van der Waals surface area contributed by atoms with Crippen LogP contribution in [0.2, 0.25) is 0 Å². The number of anilines is 1. The standard InChI is InChI=1S/C24H32BrN3O4S/c1-6-22(24(30)26-17(2)3)27(15-19-10-7-9-18(4)13-19)23(29)16-28(33(5,31)32)21-12-8-11-20(25)14-21/h7-14,17,22H,6,15-16H2,1-5H3,(H,26,30). The highest BCUT2D eigenvalue weighted by atomic mass is 79.9. The average Bonchev–Trinajstić information content (AvgIpc) is 2.70. The van der Waals surface area contributed by atoms with Gasteiger partial charge in [0, 0.05) is 17.1 Å². The summed E-state index contributed by atoms with van der Waals surface area (Å²) in [5.74, 6) is -0.713. The number of sulfonamides is 1. The van der Waals surface area contributed by atoms with Crippen molar-refractivity contribution < 1.29 is 18.0 Å². The molecule has 9 heteroatoms. The molecule has 0 aromatic heterocycles. The molecular weight excluding hydrogens is 506 g/mol. The van der Waals surface area contributed by atoms with Crippen LogP contribution in [0.5, 0.6) is 0 Å². The van der Waals surface area contributed by atoms with Gasteiger partial charge >= 0.3 is 0 Å². The Morgan fingerprint density at radius 1 is 1.09 bits per heavy atom. The number of aryl methyl sites for hydroxylation is 1. The zero-order chi connectivity index (χ0) is 24.8. The fraction of sp³-hybridized carbons (Fsp3) is 0.417. The Morgan fingerprint density at radius 3 is 2.30 bits per heavy atom. The minimum Gasteiger partial charge on any atom is -0.352 e. The number of nitrogens with zero attached hydrogens (tertiary/aromatic N) is 2. The summed E-state index contributed by atoms with van der Waals surface area (Å²) in [4.78, 5) is 28.0. The summed E-state index contributed by atoms with van der Waals surface area (Å²) in [6.07, 6.45) is 1.46. The van der Waals surface area contributed by atoms with E-state index in [1.165, 1.54) is 4.90 Å². The maximum absolute atomic E-state index is 13.6. The Bertz CT molecular complexity index is 1090. The first-order valence-electron chi connectivity index (χ1n) is 10.8. The minimum atomic E-state index is -3.75. The summed E-state index contributed by atoms with van der Waals surface area (Å²) in [6, 6.07) is 13.6. The number of carbonyl (C=O) groups is 2. The van der Waals surface area contributed by atoms with Crippen molar-refractivity contribution in [2.45, 2.75) is 52.7 Å². The molecule has 0 fully saturated rings. The van der Waals surface area contributed by atoms with Crippen LogP contribution in [0, 0.1) is 6.92 Å². The Kier molecular flexibility index (Phi) is 9.48. The van der Waals surface area contributed by atoms with Crippen molar-refractivity contribution >= 4 is 43.5 Å². The summed E-state index contributed by atoms with van der Waals surface area (Å²) in [7, 11) is -3.75. The van der Waals surface area contributed by atoms with Gasteiger partial charge in [0.2, 0.25) is 21.8 Å². The average molecular weight is 539 g/mol. The monoisotopic (exact) mass is 537 g/mol. The van der Waals surface area contributed by atoms with Gasteiger partial charge in [-0.25, -0.2) is 8.42 Å². The van der Waals surface area contributed by atoms with Crippen molar-refractivity contribution in [2.24, 2.45) is 0 Å². The number of hydrogen-bond donors (Lipinski definition) is 1. The van der Waals surface area contributed by atoms with Gasteiger partial charge in [0.1, 0.15) is 12.6 Å². The van der Waals surface area contributed by atoms with Crippen molar-refractivity contribution in [1.29, 1.82) is 0 Å². The van der Waals surface area contributed by atoms with Crippen LogP contribution >= 0.6 is 15.9 Å². The second kappa shape index (κ2) is 11.7. The lowest BCUT2D eigenvalue weighted by Gasteiger charge is -2.33. The first-order chi connectivity index (χ1) is 15.4. The predicted molar refractivity (Wildman–Crippen MR) is 135 cm³/mol. The maximum Gasteiger partial charge on any atom is 0.244 e. The number of hydrogen-bond acceptors (Lipinski definition) is 4. The SMILES string of the molecule is CCC(C(=O)NC(C)C)N(Cc1cccc(C)c1)C(=O)CN(c1cccc(Br)c1)S(C)(=O)=O. The van der Waals surface area contributed by atoms with Crippen LogP contribution in [0.1, 0.15) is 38.3 Å². The van der Waals surface area contributed by atoms with Gasteiger partial charge in [-0.2, -0.15) is 0 Å². The van der Waals surface area contributed by atoms with E-state index in [2.05, 4.69) is 21.2 Å². The number of nitrogens with one attached hydrogen (secondary N) is 1. The van der Waals surface area contributed by atoms with Gasteiger partial charge in [0.05, 0.1) is 11.9 Å². The van der Waals surface area contributed by atoms with Crippen molar-refractivity contribution in [1.82, 2.24) is 10.2 Å². The summed E-state index contributed by atoms with van der Waals surface area (Å²) in [5.41, 5.74) is 2.27. The first-order valence-corrected chi connectivity index (χ1v) is 13.4. The van der Waals surface area contributed by atoms with Gasteiger partial charge in [-0.1, -0.05) is 58.7 Å². The number of rotatable bonds is 10. The number of amides is 2. The summed E-state index contributed by atoms with van der Waals surface area (Å²) < 4.78 is 26.9. The molecule has 0 radical (unpaired) electrons. The molecule has 7 nitrogen and oxygen atoms in total. The molecule has 0 aliphatic carbocycles. The minimum absolute atomic E-state index is 0.0864. The van der Waals surface area contributed by atoms with E-state index in [-0.39, 0.29) is 18.5 Å². The first kappa shape index (κ1) is 26.9. The third kappa shape index (κ3) is 7.85. The van der Waals surface area contributed by atoms with Crippen molar-refractivity contribution in [3.8, 4) is 0 Å². The van der Waals surface area contributed by atoms with Crippen molar-refractivity contribution in [3.05, 3.63) is 64.1 Å². The largest absolute Gasteiger partial charge is 0.352 e. The number of halogens is 1. The van der Waals surface area contributed by atoms with Crippen LogP contribution in [0.3, 0.4) is 0 Å². The van der Waals surface area contributed by atoms with Crippen molar-refractivity contribution in [2.75, 3.05) is 17.1 Å². The quantitative estimate of drug-likeness (QED) is 0.498. The Morgan fingerprint density at radius 2 is 1.76 bits per heavy atom. The van der Waals surface area contributed by atoms with E-state index in [9.17, 15) is 18.0 Å². The highest BCUT2D eigenvalue weighted by Crippen LogP contribution is 2.23. The van der Waals surface area contributed by atoms with Crippen LogP contribution in [0.15, 0.2) is 53.0 Å². The molecule has 2 rings (SSSR count). The van der Waals surface area contributed by atoms with E-state index in [0.717, 1.165) is 21.7 Å². The van der Waals surface area contributed by atoms with Crippen molar-refractivity contribution in [3.63, 3.8) is 0 Å². The lowest BCUT2D eigenvalue weighted by atomic mass is 10.1. The normalized spacial score (nSPS) is 12.3. The fourth-order valence-electron chi connectivity index (χ4n) is 3.55. The lowest BCUT2D eigenvalue weighted by Crippen LogP contribution is -2.53. The second-order valence-electron chi connectivity index (χ2n) is 8.35. The van der Waals surface area contributed by atoms with Crippen LogP contribution in [-0.4, -0.2) is 50.0 Å². The molecule has 180 valence electrons. The van der Waals surface area contributed by atoms with Gasteiger partial charge < -0.3 is 10.2 Å². The summed E-state index contributed by atoms with van der Waals surface area (Å²) in [5, 5.41) is 2.88. The molecule has 2 aromatic rings. The summed E-state index contributed by atoms with van der Waals surface area (Å²) >= 11 is 3.35. The Balaban J connectivity index is 2.44. The molecule has 1 N–H and O–H groups in total. The van der Waals surface area contributed by atoms with E-state index in [0.29, 0.717) is 16.6 Å². The lowest BCUT2D eigenvalue weighted by molar-refractivity contribution is -0.140. The molecule has 0 aliphatic heterocycles. The van der Waals surface area contributed by atoms with Crippen LogP contribution < -0.4 is 9.62 Å². The third-order valence-electron chi connectivity index (χ3n) is 5.03. The predicted octanol–water partition coefficient (Wildman–Crippen LogP) is 3.86. The number of benzene rings is 2. The molecule has 33 heavy (non-hydrogen) atoms. The van der Waals surface area contributed by atoms with E-state index in [4.69, 9.17) is 0 Å². The fourth-order valence-corrected chi connectivity index (χ4v) is 4.78. The highest BCUT2D eigenvalue weighted by molar-refractivity contribution is 9.10. The summed E-state index contributed by atoms with van der Waals surface area (Å²) in [6.45, 7) is 7.29. The molecule has 0 heterocycles. The molecular formula is C24H32BrN3O4S. The van der Waals surface area contributed by atoms with E-state index in [1.807, 2.05) is 52.0 Å². The molecule has 0 saturated carbocycles. The van der Waals surface area contributed by atoms with E-state index >= 15 is 0 Å². The van der Waals surface area contributed by atoms with Gasteiger partial charge in [-0.3, -0.25) is 13.9 Å². The van der Waals surface area contributed by atoms with Crippen LogP contribution in [-0.2, 0) is 26.2 Å². The highest BCUT2D eigenvalue weighted by Gasteiger charge is 2.32. The molecule has 0 bridgehead atoms. The van der Waals surface area contributed by atoms with E-state index < -0.39 is 28.5 Å². The van der Waals surface area contributed by atoms with E-state index in [1.54, 1.807) is 24.3 Å². The number of carbonyl (C=O) groups excluding carboxylic acids is 2. The van der Waals surface area contributed by atoms with Crippen LogP contribution in [0.4, 0.5) is 5.69 Å². The molecule has 1 unspecified atom stereocenters. The van der Waals surface area contributed by atoms with Crippen LogP contribution in [0.25, 0.3) is 0 Å². The van der Waals surface area contributed by atoms with Gasteiger partial charge in [0.15, 0.2) is 0 Å². The third-order valence-corrected chi connectivity index (χ3v) is 6.66. The van der Waals surface area contributed by atoms with Gasteiger partial charge in [-0.05, 0) is 51.0 Å². The molecule has 0 aliphatic rings. The molecule has 1 atom stereocenters. The Labute approximate surface area is 205 Å². The zero-order valence-electron chi connectivity index (χ0n) is 19.7.